The number of aromatic nitrogens is 1. The Kier molecular flexibility index (Phi) is 5.71. The highest BCUT2D eigenvalue weighted by Crippen LogP contribution is 2.44. The van der Waals surface area contributed by atoms with Crippen LogP contribution >= 0.6 is 0 Å². The van der Waals surface area contributed by atoms with Gasteiger partial charge < -0.3 is 9.84 Å². The highest BCUT2D eigenvalue weighted by atomic mass is 19.3. The van der Waals surface area contributed by atoms with Crippen molar-refractivity contribution in [3.05, 3.63) is 70.9 Å². The van der Waals surface area contributed by atoms with Crippen LogP contribution in [0.2, 0.25) is 0 Å². The van der Waals surface area contributed by atoms with Crippen molar-refractivity contribution in [2.24, 2.45) is 11.3 Å². The molecule has 1 aliphatic rings. The van der Waals surface area contributed by atoms with E-state index in [1.165, 1.54) is 12.1 Å². The van der Waals surface area contributed by atoms with E-state index in [0.717, 1.165) is 23.1 Å². The van der Waals surface area contributed by atoms with E-state index in [1.807, 2.05) is 24.3 Å². The summed E-state index contributed by atoms with van der Waals surface area (Å²) in [6.45, 7) is 3.60. The van der Waals surface area contributed by atoms with Crippen molar-refractivity contribution >= 4 is 28.5 Å². The third-order valence-corrected chi connectivity index (χ3v) is 6.10. The van der Waals surface area contributed by atoms with Gasteiger partial charge in [0.2, 0.25) is 0 Å². The van der Waals surface area contributed by atoms with Crippen molar-refractivity contribution in [2.45, 2.75) is 40.2 Å². The Morgan fingerprint density at radius 1 is 1.12 bits per heavy atom. The Hall–Kier alpha value is -3.28. The normalized spacial score (nSPS) is 17.6. The van der Waals surface area contributed by atoms with Crippen molar-refractivity contribution in [3.63, 3.8) is 0 Å². The molecule has 0 saturated heterocycles. The number of pyridine rings is 1. The number of para-hydroxylation sites is 1. The van der Waals surface area contributed by atoms with Crippen LogP contribution in [0.5, 0.6) is 5.75 Å². The quantitative estimate of drug-likeness (QED) is 0.494. The molecule has 1 unspecified atom stereocenters. The maximum Gasteiger partial charge on any atom is 0.387 e. The van der Waals surface area contributed by atoms with E-state index in [-0.39, 0.29) is 17.1 Å². The second-order valence-corrected chi connectivity index (χ2v) is 9.22. The van der Waals surface area contributed by atoms with Crippen molar-refractivity contribution in [2.75, 3.05) is 0 Å². The van der Waals surface area contributed by atoms with Crippen molar-refractivity contribution in [1.82, 2.24) is 4.98 Å². The SMILES string of the molecule is CC(C)(C)C1CC(=Cc2ccc(OC(F)F)cc2)c2nc3ccccc3c(C(=O)O)c2C1. The Bertz CT molecular complexity index is 1190. The second-order valence-electron chi connectivity index (χ2n) is 9.22. The zero-order chi connectivity index (χ0) is 23.0. The van der Waals surface area contributed by atoms with E-state index in [2.05, 4.69) is 25.5 Å². The van der Waals surface area contributed by atoms with Gasteiger partial charge in [-0.15, -0.1) is 0 Å². The summed E-state index contributed by atoms with van der Waals surface area (Å²) in [4.78, 5) is 17.2. The fraction of sp³-hybridized carbons (Fsp3) is 0.308. The zero-order valence-corrected chi connectivity index (χ0v) is 18.2. The average molecular weight is 437 g/mol. The number of ether oxygens (including phenoxy) is 1. The first kappa shape index (κ1) is 21.9. The van der Waals surface area contributed by atoms with E-state index < -0.39 is 12.6 Å². The smallest absolute Gasteiger partial charge is 0.387 e. The number of carboxylic acids is 1. The maximum atomic E-state index is 12.5. The van der Waals surface area contributed by atoms with Gasteiger partial charge in [0.15, 0.2) is 0 Å². The highest BCUT2D eigenvalue weighted by molar-refractivity contribution is 6.06. The lowest BCUT2D eigenvalue weighted by molar-refractivity contribution is -0.0498. The summed E-state index contributed by atoms with van der Waals surface area (Å²) in [5.74, 6) is -0.637. The van der Waals surface area contributed by atoms with Crippen LogP contribution in [0.15, 0.2) is 48.5 Å². The number of rotatable bonds is 4. The number of halogens is 2. The number of carboxylic acid groups (broad SMARTS) is 1. The van der Waals surface area contributed by atoms with Gasteiger partial charge in [0.25, 0.3) is 0 Å². The number of fused-ring (bicyclic) bond motifs is 2. The van der Waals surface area contributed by atoms with E-state index in [4.69, 9.17) is 4.98 Å². The minimum atomic E-state index is -2.87. The van der Waals surface area contributed by atoms with Gasteiger partial charge in [0.05, 0.1) is 16.8 Å². The van der Waals surface area contributed by atoms with E-state index in [0.29, 0.717) is 28.6 Å². The molecule has 4 nitrogen and oxygen atoms in total. The van der Waals surface area contributed by atoms with Gasteiger partial charge in [-0.25, -0.2) is 9.78 Å². The highest BCUT2D eigenvalue weighted by Gasteiger charge is 2.35. The molecular weight excluding hydrogens is 412 g/mol. The van der Waals surface area contributed by atoms with Gasteiger partial charge in [0, 0.05) is 5.39 Å². The third-order valence-electron chi connectivity index (χ3n) is 6.10. The molecular formula is C26H25F2NO3. The summed E-state index contributed by atoms with van der Waals surface area (Å²) in [5.41, 5.74) is 4.14. The van der Waals surface area contributed by atoms with Gasteiger partial charge in [0.1, 0.15) is 5.75 Å². The van der Waals surface area contributed by atoms with Crippen LogP contribution in [0, 0.1) is 11.3 Å². The number of hydrogen-bond donors (Lipinski definition) is 1. The Morgan fingerprint density at radius 3 is 2.44 bits per heavy atom. The molecule has 1 atom stereocenters. The van der Waals surface area contributed by atoms with Crippen LogP contribution in [0.3, 0.4) is 0 Å². The van der Waals surface area contributed by atoms with E-state index in [1.54, 1.807) is 18.2 Å². The molecule has 2 aromatic carbocycles. The number of hydrogen-bond acceptors (Lipinski definition) is 3. The van der Waals surface area contributed by atoms with Crippen LogP contribution in [0.4, 0.5) is 8.78 Å². The van der Waals surface area contributed by atoms with Crippen LogP contribution in [-0.2, 0) is 6.42 Å². The summed E-state index contributed by atoms with van der Waals surface area (Å²) in [5, 5.41) is 10.7. The standard InChI is InChI=1S/C26H25F2NO3/c1-26(2,3)17-13-16(12-15-8-10-18(11-9-15)32-25(27)28)23-20(14-17)22(24(30)31)19-6-4-5-7-21(19)29-23/h4-12,17,25H,13-14H2,1-3H3,(H,30,31). The third kappa shape index (κ3) is 4.35. The topological polar surface area (TPSA) is 59.4 Å². The number of allylic oxidation sites excluding steroid dienone is 1. The Labute approximate surface area is 185 Å². The van der Waals surface area contributed by atoms with Crippen LogP contribution in [0.1, 0.15) is 54.4 Å². The fourth-order valence-electron chi connectivity index (χ4n) is 4.33. The first-order valence-corrected chi connectivity index (χ1v) is 10.5. The molecule has 0 aliphatic heterocycles. The summed E-state index contributed by atoms with van der Waals surface area (Å²) >= 11 is 0. The molecule has 166 valence electrons. The zero-order valence-electron chi connectivity index (χ0n) is 18.2. The minimum Gasteiger partial charge on any atom is -0.478 e. The number of benzene rings is 2. The van der Waals surface area contributed by atoms with Crippen molar-refractivity contribution < 1.29 is 23.4 Å². The summed E-state index contributed by atoms with van der Waals surface area (Å²) in [7, 11) is 0. The molecule has 1 aromatic heterocycles. The molecule has 0 radical (unpaired) electrons. The molecule has 1 aliphatic carbocycles. The first-order valence-electron chi connectivity index (χ1n) is 10.5. The van der Waals surface area contributed by atoms with Crippen molar-refractivity contribution in [3.8, 4) is 5.75 Å². The monoisotopic (exact) mass is 437 g/mol. The average Bonchev–Trinajstić information content (AvgIpc) is 2.72. The maximum absolute atomic E-state index is 12.5. The minimum absolute atomic E-state index is 0.0346. The number of carbonyl (C=O) groups is 1. The molecule has 0 amide bonds. The molecule has 3 aromatic rings. The predicted octanol–water partition coefficient (Wildman–Crippen LogP) is 6.68. The summed E-state index contributed by atoms with van der Waals surface area (Å²) in [6, 6.07) is 13.7. The van der Waals surface area contributed by atoms with Crippen LogP contribution < -0.4 is 4.74 Å². The largest absolute Gasteiger partial charge is 0.478 e. The molecule has 32 heavy (non-hydrogen) atoms. The molecule has 0 fully saturated rings. The summed E-state index contributed by atoms with van der Waals surface area (Å²) in [6.07, 6.45) is 3.35. The molecule has 0 saturated carbocycles. The molecule has 6 heteroatoms. The molecule has 1 N–H and O–H groups in total. The van der Waals surface area contributed by atoms with E-state index >= 15 is 0 Å². The van der Waals surface area contributed by atoms with Gasteiger partial charge in [-0.2, -0.15) is 8.78 Å². The predicted molar refractivity (Wildman–Crippen MR) is 121 cm³/mol. The van der Waals surface area contributed by atoms with E-state index in [9.17, 15) is 18.7 Å². The summed E-state index contributed by atoms with van der Waals surface area (Å²) < 4.78 is 29.3. The lowest BCUT2D eigenvalue weighted by Crippen LogP contribution is -2.28. The number of nitrogens with zero attached hydrogens (tertiary/aromatic N) is 1. The number of alkyl halides is 2. The lowest BCUT2D eigenvalue weighted by atomic mass is 9.69. The van der Waals surface area contributed by atoms with Crippen LogP contribution in [-0.4, -0.2) is 22.7 Å². The van der Waals surface area contributed by atoms with Crippen molar-refractivity contribution in [1.29, 1.82) is 0 Å². The van der Waals surface area contributed by atoms with Gasteiger partial charge in [-0.05, 0) is 65.1 Å². The Balaban J connectivity index is 1.88. The molecule has 1 heterocycles. The molecule has 0 spiro atoms. The Morgan fingerprint density at radius 2 is 1.81 bits per heavy atom. The number of aromatic carboxylic acids is 1. The van der Waals surface area contributed by atoms with Gasteiger partial charge in [-0.3, -0.25) is 0 Å². The van der Waals surface area contributed by atoms with Gasteiger partial charge >= 0.3 is 12.6 Å². The molecule has 4 rings (SSSR count). The molecule has 0 bridgehead atoms. The van der Waals surface area contributed by atoms with Gasteiger partial charge in [-0.1, -0.05) is 51.1 Å². The first-order chi connectivity index (χ1) is 15.1. The lowest BCUT2D eigenvalue weighted by Gasteiger charge is -2.36. The fourth-order valence-corrected chi connectivity index (χ4v) is 4.33. The second kappa shape index (κ2) is 8.34. The van der Waals surface area contributed by atoms with Crippen LogP contribution in [0.25, 0.3) is 22.6 Å².